The van der Waals surface area contributed by atoms with Gasteiger partial charge in [-0.1, -0.05) is 0 Å². The minimum atomic E-state index is -3.95. The second kappa shape index (κ2) is 16.6. The highest BCUT2D eigenvalue weighted by Crippen LogP contribution is 2.34. The van der Waals surface area contributed by atoms with Gasteiger partial charge in [-0.2, -0.15) is 0 Å². The van der Waals surface area contributed by atoms with Gasteiger partial charge in [0.05, 0.1) is 43.5 Å². The smallest absolute Gasteiger partial charge is 0.294 e. The number of rotatable bonds is 13. The minimum absolute atomic E-state index is 0.183. The van der Waals surface area contributed by atoms with Gasteiger partial charge in [0, 0.05) is 19.1 Å². The van der Waals surface area contributed by atoms with E-state index in [0.717, 1.165) is 0 Å². The summed E-state index contributed by atoms with van der Waals surface area (Å²) in [5.41, 5.74) is 35.3. The lowest BCUT2D eigenvalue weighted by Crippen LogP contribution is -2.67. The van der Waals surface area contributed by atoms with Gasteiger partial charge in [0.25, 0.3) is 11.8 Å². The third kappa shape index (κ3) is 8.89. The van der Waals surface area contributed by atoms with Crippen LogP contribution >= 0.6 is 0 Å². The topological polar surface area (TPSA) is 322 Å². The summed E-state index contributed by atoms with van der Waals surface area (Å²) in [6.07, 6.45) is -13.5. The van der Waals surface area contributed by atoms with E-state index in [2.05, 4.69) is 5.32 Å². The largest absolute Gasteiger partial charge is 0.394 e. The molecule has 0 aromatic heterocycles. The van der Waals surface area contributed by atoms with Crippen LogP contribution in [0.3, 0.4) is 0 Å². The van der Waals surface area contributed by atoms with Crippen molar-refractivity contribution in [3.8, 4) is 0 Å². The molecule has 4 aliphatic rings. The van der Waals surface area contributed by atoms with Crippen molar-refractivity contribution in [2.45, 2.75) is 136 Å². The molecule has 0 radical (unpaired) electrons. The number of nitrogens with one attached hydrogen (secondary N) is 1. The van der Waals surface area contributed by atoms with Crippen LogP contribution in [0.2, 0.25) is 0 Å². The predicted octanol–water partition coefficient (Wildman–Crippen LogP) is -5.67. The number of carbonyl (C=O) groups is 1. The monoisotopic (exact) mass is 687 g/mol. The standard InChI is InChI=1S/C27H51F2N7O11/c28-27(29,9-32)22(40)23(41)36-15-5-14(35)19(45-24-12(33)3-1-10(6-30)42-24)21(17(15)38)47-26-18(39)20(16(8-37)44-26)46-25-13(34)4-2-11(7-31)43-25/h10-22,24-26,37-40H,1-9,30-35H2,(H,36,41)/t10-,11+,12+,13+,14-,15+,16+,17-,18+,19+,20+,21+,22-,24+,25+,26-/m0/s1. The highest BCUT2D eigenvalue weighted by atomic mass is 19.3. The Morgan fingerprint density at radius 2 is 1.34 bits per heavy atom. The van der Waals surface area contributed by atoms with E-state index in [-0.39, 0.29) is 31.7 Å². The fourth-order valence-electron chi connectivity index (χ4n) is 6.24. The van der Waals surface area contributed by atoms with E-state index in [4.69, 9.17) is 62.8 Å². The number of hydrogen-bond acceptors (Lipinski definition) is 17. The molecule has 1 saturated carbocycles. The van der Waals surface area contributed by atoms with E-state index in [1.807, 2.05) is 0 Å². The van der Waals surface area contributed by atoms with Crippen LogP contribution < -0.4 is 39.7 Å². The van der Waals surface area contributed by atoms with Crippen LogP contribution in [0, 0.1) is 0 Å². The first kappa shape index (κ1) is 38.5. The van der Waals surface area contributed by atoms with E-state index in [9.17, 15) is 34.0 Å². The van der Waals surface area contributed by atoms with Gasteiger partial charge in [-0.15, -0.1) is 0 Å². The van der Waals surface area contributed by atoms with Crippen molar-refractivity contribution in [1.29, 1.82) is 0 Å². The zero-order valence-corrected chi connectivity index (χ0v) is 26.0. The number of aliphatic hydroxyl groups excluding tert-OH is 4. The molecule has 0 spiro atoms. The van der Waals surface area contributed by atoms with Gasteiger partial charge in [-0.3, -0.25) is 4.79 Å². The summed E-state index contributed by atoms with van der Waals surface area (Å²) in [6, 6.07) is -3.57. The van der Waals surface area contributed by atoms with Crippen molar-refractivity contribution in [2.75, 3.05) is 26.2 Å². The van der Waals surface area contributed by atoms with Crippen molar-refractivity contribution in [3.63, 3.8) is 0 Å². The maximum Gasteiger partial charge on any atom is 0.294 e. The summed E-state index contributed by atoms with van der Waals surface area (Å²) in [7, 11) is 0. The van der Waals surface area contributed by atoms with Gasteiger partial charge in [0.1, 0.15) is 36.6 Å². The number of amides is 1. The van der Waals surface area contributed by atoms with Crippen molar-refractivity contribution in [3.05, 3.63) is 0 Å². The van der Waals surface area contributed by atoms with Crippen molar-refractivity contribution >= 4 is 5.91 Å². The fourth-order valence-corrected chi connectivity index (χ4v) is 6.24. The van der Waals surface area contributed by atoms with Gasteiger partial charge in [0.15, 0.2) is 25.0 Å². The van der Waals surface area contributed by atoms with E-state index in [1.165, 1.54) is 0 Å². The van der Waals surface area contributed by atoms with Crippen LogP contribution in [0.15, 0.2) is 0 Å². The molecule has 274 valence electrons. The lowest BCUT2D eigenvalue weighted by molar-refractivity contribution is -0.288. The van der Waals surface area contributed by atoms with Crippen LogP contribution in [0.1, 0.15) is 32.1 Å². The quantitative estimate of drug-likeness (QED) is 0.0859. The number of halogens is 2. The number of ether oxygens (including phenoxy) is 6. The van der Waals surface area contributed by atoms with Crippen molar-refractivity contribution in [2.24, 2.45) is 34.4 Å². The molecule has 20 heteroatoms. The number of hydrogen-bond donors (Lipinski definition) is 11. The Hall–Kier alpha value is -1.31. The summed E-state index contributed by atoms with van der Waals surface area (Å²) in [5.74, 6) is -5.46. The van der Waals surface area contributed by atoms with Crippen molar-refractivity contribution < 1.29 is 62.4 Å². The molecular formula is C27H51F2N7O11. The normalized spacial score (nSPS) is 43.9. The first-order valence-corrected chi connectivity index (χ1v) is 15.9. The van der Waals surface area contributed by atoms with Crippen LogP contribution in [-0.4, -0.2) is 156 Å². The lowest BCUT2D eigenvalue weighted by atomic mass is 9.83. The Morgan fingerprint density at radius 3 is 1.85 bits per heavy atom. The molecule has 4 fully saturated rings. The molecule has 3 aliphatic heterocycles. The van der Waals surface area contributed by atoms with Crippen LogP contribution in [-0.2, 0) is 33.2 Å². The lowest BCUT2D eigenvalue weighted by Gasteiger charge is -2.46. The van der Waals surface area contributed by atoms with Gasteiger partial charge in [0.2, 0.25) is 0 Å². The van der Waals surface area contributed by atoms with Gasteiger partial charge < -0.3 is 88.6 Å². The molecule has 0 aromatic carbocycles. The molecule has 16 atom stereocenters. The third-order valence-electron chi connectivity index (χ3n) is 9.14. The Labute approximate surface area is 270 Å². The number of alkyl halides is 2. The molecular weight excluding hydrogens is 636 g/mol. The van der Waals surface area contributed by atoms with Crippen LogP contribution in [0.5, 0.6) is 0 Å². The molecule has 0 unspecified atom stereocenters. The molecule has 17 N–H and O–H groups in total. The molecule has 3 saturated heterocycles. The fraction of sp³-hybridized carbons (Fsp3) is 0.963. The number of aliphatic hydroxyl groups is 4. The summed E-state index contributed by atoms with van der Waals surface area (Å²) < 4.78 is 63.6. The minimum Gasteiger partial charge on any atom is -0.394 e. The summed E-state index contributed by atoms with van der Waals surface area (Å²) in [4.78, 5) is 12.6. The highest BCUT2D eigenvalue weighted by molar-refractivity contribution is 5.82. The summed E-state index contributed by atoms with van der Waals surface area (Å²) in [6.45, 7) is -1.53. The van der Waals surface area contributed by atoms with E-state index < -0.39 is 111 Å². The predicted molar refractivity (Wildman–Crippen MR) is 157 cm³/mol. The number of nitrogens with two attached hydrogens (primary N) is 6. The number of carbonyl (C=O) groups excluding carboxylic acids is 1. The molecule has 18 nitrogen and oxygen atoms in total. The summed E-state index contributed by atoms with van der Waals surface area (Å²) >= 11 is 0. The average Bonchev–Trinajstić information content (AvgIpc) is 3.35. The van der Waals surface area contributed by atoms with Crippen LogP contribution in [0.4, 0.5) is 8.78 Å². The zero-order chi connectivity index (χ0) is 34.6. The highest BCUT2D eigenvalue weighted by Gasteiger charge is 2.54. The molecule has 1 aliphatic carbocycles. The molecule has 0 bridgehead atoms. The zero-order valence-electron chi connectivity index (χ0n) is 26.0. The molecule has 0 aromatic rings. The molecule has 4 rings (SSSR count). The van der Waals surface area contributed by atoms with Gasteiger partial charge >= 0.3 is 0 Å². The summed E-state index contributed by atoms with van der Waals surface area (Å²) in [5, 5.41) is 44.9. The Bertz CT molecular complexity index is 1010. The van der Waals surface area contributed by atoms with E-state index in [0.29, 0.717) is 25.7 Å². The second-order valence-corrected chi connectivity index (χ2v) is 12.6. The second-order valence-electron chi connectivity index (χ2n) is 12.6. The average molecular weight is 688 g/mol. The third-order valence-corrected chi connectivity index (χ3v) is 9.14. The van der Waals surface area contributed by atoms with Gasteiger partial charge in [-0.05, 0) is 32.1 Å². The molecule has 1 amide bonds. The first-order chi connectivity index (χ1) is 22.2. The maximum atomic E-state index is 14.0. The Kier molecular flexibility index (Phi) is 13.6. The maximum absolute atomic E-state index is 14.0. The van der Waals surface area contributed by atoms with Crippen LogP contribution in [0.25, 0.3) is 0 Å². The van der Waals surface area contributed by atoms with E-state index in [1.54, 1.807) is 0 Å². The van der Waals surface area contributed by atoms with E-state index >= 15 is 0 Å². The first-order valence-electron chi connectivity index (χ1n) is 15.9. The SMILES string of the molecule is NC[C@@H]1CC[C@@H](N)[C@@H](O[C@H]2[C@H](O[C@@H]3O[C@H](CO)[C@@H](O[C@H]4O[C@@H](CN)CC[C@H]4N)[C@H]3O)[C@@H](O)[C@H](NC(=O)[C@H](O)C(F)(F)CN)C[C@@H]2N)O1. The van der Waals surface area contributed by atoms with Gasteiger partial charge in [-0.25, -0.2) is 8.78 Å². The Morgan fingerprint density at radius 1 is 0.809 bits per heavy atom. The Balaban J connectivity index is 1.55. The molecule has 3 heterocycles. The molecule has 47 heavy (non-hydrogen) atoms. The van der Waals surface area contributed by atoms with Crippen molar-refractivity contribution in [1.82, 2.24) is 5.32 Å².